The van der Waals surface area contributed by atoms with Crippen LogP contribution >= 0.6 is 0 Å². The van der Waals surface area contributed by atoms with E-state index in [4.69, 9.17) is 0 Å². The van der Waals surface area contributed by atoms with Crippen LogP contribution in [0.5, 0.6) is 5.75 Å². The summed E-state index contributed by atoms with van der Waals surface area (Å²) < 4.78 is 31.4. The number of amidine groups is 2. The summed E-state index contributed by atoms with van der Waals surface area (Å²) in [4.78, 5) is 16.0. The first-order valence-corrected chi connectivity index (χ1v) is 11.3. The molecule has 2 aromatic rings. The number of aliphatic imine (C=N–C) groups is 1. The van der Waals surface area contributed by atoms with Gasteiger partial charge in [0, 0.05) is 12.8 Å². The van der Waals surface area contributed by atoms with E-state index in [1.165, 1.54) is 24.4 Å². The number of carbonyl (C=O) groups excluding carboxylic acids is 1. The van der Waals surface area contributed by atoms with E-state index in [0.717, 1.165) is 5.56 Å². The van der Waals surface area contributed by atoms with Gasteiger partial charge in [-0.05, 0) is 31.2 Å². The second kappa shape index (κ2) is 10.2. The zero-order valence-electron chi connectivity index (χ0n) is 17.6. The van der Waals surface area contributed by atoms with Crippen molar-refractivity contribution in [3.05, 3.63) is 59.7 Å². The fraction of sp³-hybridized carbons (Fsp3) is 0.238. The molecule has 0 saturated heterocycles. The van der Waals surface area contributed by atoms with Crippen molar-refractivity contribution >= 4 is 39.7 Å². The third-order valence-corrected chi connectivity index (χ3v) is 5.41. The van der Waals surface area contributed by atoms with Crippen molar-refractivity contribution in [2.75, 3.05) is 18.9 Å². The molecular weight excluding hydrogens is 432 g/mol. The van der Waals surface area contributed by atoms with E-state index < -0.39 is 16.1 Å². The number of hydrogen-bond donors (Lipinski definition) is 4. The Morgan fingerprint density at radius 1 is 1.12 bits per heavy atom. The van der Waals surface area contributed by atoms with Crippen LogP contribution in [0.1, 0.15) is 35.3 Å². The molecule has 10 nitrogen and oxygen atoms in total. The number of anilines is 1. The van der Waals surface area contributed by atoms with Crippen molar-refractivity contribution in [3.8, 4) is 5.75 Å². The molecule has 11 heteroatoms. The van der Waals surface area contributed by atoms with Gasteiger partial charge in [0.05, 0.1) is 17.3 Å². The van der Waals surface area contributed by atoms with Gasteiger partial charge in [-0.2, -0.15) is 8.42 Å². The van der Waals surface area contributed by atoms with Crippen LogP contribution in [0.15, 0.2) is 62.3 Å². The zero-order valence-corrected chi connectivity index (χ0v) is 18.4. The lowest BCUT2D eigenvalue weighted by molar-refractivity contribution is 0.100. The van der Waals surface area contributed by atoms with Gasteiger partial charge in [-0.3, -0.25) is 4.79 Å². The molecule has 0 saturated carbocycles. The Balaban J connectivity index is 1.85. The van der Waals surface area contributed by atoms with Crippen molar-refractivity contribution in [3.63, 3.8) is 0 Å². The fourth-order valence-electron chi connectivity index (χ4n) is 3.02. The van der Waals surface area contributed by atoms with Crippen molar-refractivity contribution in [2.24, 2.45) is 13.8 Å². The SMILES string of the molecule is CC[C@@H](NC1=NS(=O)(=O)N=C1Nc1cccc(C(=O)/N=C/CNC)c1O)c1ccccc1. The Labute approximate surface area is 186 Å². The second-order valence-corrected chi connectivity index (χ2v) is 8.11. The van der Waals surface area contributed by atoms with Gasteiger partial charge < -0.3 is 21.1 Å². The number of para-hydroxylation sites is 1. The first-order chi connectivity index (χ1) is 15.3. The quantitative estimate of drug-likeness (QED) is 0.368. The minimum absolute atomic E-state index is 0.0175. The van der Waals surface area contributed by atoms with Crippen LogP contribution in [0, 0.1) is 0 Å². The number of phenolic OH excluding ortho intramolecular Hbond substituents is 1. The van der Waals surface area contributed by atoms with Gasteiger partial charge in [0.25, 0.3) is 5.91 Å². The molecule has 0 radical (unpaired) electrons. The summed E-state index contributed by atoms with van der Waals surface area (Å²) in [5.41, 5.74) is 1.01. The molecule has 0 fully saturated rings. The normalized spacial score (nSPS) is 15.8. The molecule has 0 unspecified atom stereocenters. The maximum Gasteiger partial charge on any atom is 0.367 e. The van der Waals surface area contributed by atoms with Crippen LogP contribution in [-0.4, -0.2) is 50.9 Å². The monoisotopic (exact) mass is 456 g/mol. The van der Waals surface area contributed by atoms with Crippen molar-refractivity contribution in [1.29, 1.82) is 0 Å². The highest BCUT2D eigenvalue weighted by Crippen LogP contribution is 2.29. The lowest BCUT2D eigenvalue weighted by atomic mass is 10.0. The predicted molar refractivity (Wildman–Crippen MR) is 125 cm³/mol. The molecule has 4 N–H and O–H groups in total. The van der Waals surface area contributed by atoms with E-state index in [1.54, 1.807) is 7.05 Å². The van der Waals surface area contributed by atoms with Crippen LogP contribution in [0.3, 0.4) is 0 Å². The van der Waals surface area contributed by atoms with Gasteiger partial charge in [-0.25, -0.2) is 4.99 Å². The Morgan fingerprint density at radius 2 is 1.84 bits per heavy atom. The van der Waals surface area contributed by atoms with Gasteiger partial charge in [-0.1, -0.05) is 43.3 Å². The van der Waals surface area contributed by atoms with Crippen LogP contribution in [0.2, 0.25) is 0 Å². The molecule has 168 valence electrons. The Kier molecular flexibility index (Phi) is 7.33. The molecule has 0 aromatic heterocycles. The number of phenols is 1. The summed E-state index contributed by atoms with van der Waals surface area (Å²) in [6.07, 6.45) is 2.05. The number of amides is 1. The topological polar surface area (TPSA) is 145 Å². The van der Waals surface area contributed by atoms with E-state index in [-0.39, 0.29) is 34.7 Å². The summed E-state index contributed by atoms with van der Waals surface area (Å²) >= 11 is 0. The number of rotatable bonds is 7. The molecule has 1 atom stereocenters. The van der Waals surface area contributed by atoms with Gasteiger partial charge in [0.2, 0.25) is 0 Å². The van der Waals surface area contributed by atoms with E-state index >= 15 is 0 Å². The number of aromatic hydroxyl groups is 1. The van der Waals surface area contributed by atoms with Gasteiger partial charge in [-0.15, -0.1) is 8.80 Å². The number of benzene rings is 2. The van der Waals surface area contributed by atoms with E-state index in [1.807, 2.05) is 37.3 Å². The highest BCUT2D eigenvalue weighted by Gasteiger charge is 2.27. The Bertz CT molecular complexity index is 1180. The third-order valence-electron chi connectivity index (χ3n) is 4.58. The van der Waals surface area contributed by atoms with Crippen molar-refractivity contribution in [2.45, 2.75) is 19.4 Å². The number of nitrogens with one attached hydrogen (secondary N) is 3. The first-order valence-electron chi connectivity index (χ1n) is 9.91. The predicted octanol–water partition coefficient (Wildman–Crippen LogP) is 2.03. The Hall–Kier alpha value is -3.57. The highest BCUT2D eigenvalue weighted by molar-refractivity contribution is 7.89. The number of carbonyl (C=O) groups is 1. The standard InChI is InChI=1S/C21H24N6O4S/c1-3-16(14-8-5-4-6-9-14)24-19-20(27-32(30,31)26-19)25-17-11-7-10-15(18(17)28)21(29)23-13-12-22-2/h4-11,13,16,22,28H,3,12H2,1-2H3,(H,24,26)(H,25,27)/b23-13+/t16-/m1/s1. The van der Waals surface area contributed by atoms with Crippen LogP contribution < -0.4 is 16.0 Å². The Morgan fingerprint density at radius 3 is 2.53 bits per heavy atom. The summed E-state index contributed by atoms with van der Waals surface area (Å²) in [6, 6.07) is 13.7. The van der Waals surface area contributed by atoms with Gasteiger partial charge in [0.15, 0.2) is 17.4 Å². The minimum atomic E-state index is -4.08. The first kappa shape index (κ1) is 23.1. The molecule has 3 rings (SSSR count). The van der Waals surface area contributed by atoms with E-state index in [9.17, 15) is 18.3 Å². The fourth-order valence-corrected chi connectivity index (χ4v) is 3.79. The summed E-state index contributed by atoms with van der Waals surface area (Å²) in [6.45, 7) is 2.35. The summed E-state index contributed by atoms with van der Waals surface area (Å²) in [7, 11) is -2.37. The molecule has 0 bridgehead atoms. The molecule has 0 spiro atoms. The van der Waals surface area contributed by atoms with E-state index in [0.29, 0.717) is 13.0 Å². The largest absolute Gasteiger partial charge is 0.505 e. The summed E-state index contributed by atoms with van der Waals surface area (Å²) in [5.74, 6) is -1.08. The lowest BCUT2D eigenvalue weighted by Crippen LogP contribution is -2.36. The van der Waals surface area contributed by atoms with Crippen molar-refractivity contribution < 1.29 is 18.3 Å². The zero-order chi connectivity index (χ0) is 23.1. The molecular formula is C21H24N6O4S. The van der Waals surface area contributed by atoms with Gasteiger partial charge >= 0.3 is 10.2 Å². The lowest BCUT2D eigenvalue weighted by Gasteiger charge is -2.19. The third kappa shape index (κ3) is 5.56. The van der Waals surface area contributed by atoms with Crippen LogP contribution in [-0.2, 0) is 10.2 Å². The molecule has 0 aliphatic carbocycles. The maximum atomic E-state index is 12.3. The van der Waals surface area contributed by atoms with Crippen LogP contribution in [0.25, 0.3) is 0 Å². The second-order valence-electron chi connectivity index (χ2n) is 6.84. The molecule has 2 aromatic carbocycles. The minimum Gasteiger partial charge on any atom is -0.505 e. The number of nitrogens with zero attached hydrogens (tertiary/aromatic N) is 3. The molecule has 1 amide bonds. The van der Waals surface area contributed by atoms with E-state index in [2.05, 4.69) is 29.7 Å². The number of hydrogen-bond acceptors (Lipinski definition) is 7. The molecule has 1 aliphatic heterocycles. The molecule has 32 heavy (non-hydrogen) atoms. The summed E-state index contributed by atoms with van der Waals surface area (Å²) in [5, 5.41) is 19.3. The highest BCUT2D eigenvalue weighted by atomic mass is 32.2. The average molecular weight is 457 g/mol. The molecule has 1 aliphatic rings. The van der Waals surface area contributed by atoms with Crippen LogP contribution in [0.4, 0.5) is 5.69 Å². The molecule has 1 heterocycles. The smallest absolute Gasteiger partial charge is 0.367 e. The van der Waals surface area contributed by atoms with Gasteiger partial charge in [0.1, 0.15) is 0 Å². The van der Waals surface area contributed by atoms with Crippen molar-refractivity contribution in [1.82, 2.24) is 10.6 Å². The maximum absolute atomic E-state index is 12.3. The average Bonchev–Trinajstić information content (AvgIpc) is 3.06.